The highest BCUT2D eigenvalue weighted by Crippen LogP contribution is 2.09. The van der Waals surface area contributed by atoms with Crippen molar-refractivity contribution in [3.63, 3.8) is 0 Å². The fraction of sp³-hybridized carbons (Fsp3) is 0.294. The summed E-state index contributed by atoms with van der Waals surface area (Å²) >= 11 is 0. The SMILES string of the molecule is Cc1cc(F)ccc1CNCCC(=O)NCc1cccnc1. The van der Waals surface area contributed by atoms with Crippen LogP contribution in [0.15, 0.2) is 42.7 Å². The predicted octanol–water partition coefficient (Wildman–Crippen LogP) is 2.33. The van der Waals surface area contributed by atoms with E-state index < -0.39 is 0 Å². The molecule has 0 spiro atoms. The van der Waals surface area contributed by atoms with E-state index in [4.69, 9.17) is 0 Å². The molecule has 22 heavy (non-hydrogen) atoms. The molecule has 4 nitrogen and oxygen atoms in total. The maximum atomic E-state index is 13.0. The van der Waals surface area contributed by atoms with Gasteiger partial charge in [-0.3, -0.25) is 9.78 Å². The molecule has 2 N–H and O–H groups in total. The minimum Gasteiger partial charge on any atom is -0.352 e. The molecule has 0 unspecified atom stereocenters. The quantitative estimate of drug-likeness (QED) is 0.772. The molecular formula is C17H20FN3O. The Kier molecular flexibility index (Phi) is 6.03. The molecule has 1 aromatic heterocycles. The van der Waals surface area contributed by atoms with Crippen molar-refractivity contribution in [1.29, 1.82) is 0 Å². The van der Waals surface area contributed by atoms with Gasteiger partial charge in [0.25, 0.3) is 0 Å². The summed E-state index contributed by atoms with van der Waals surface area (Å²) < 4.78 is 13.0. The first-order valence-corrected chi connectivity index (χ1v) is 7.26. The first-order valence-electron chi connectivity index (χ1n) is 7.26. The van der Waals surface area contributed by atoms with Crippen LogP contribution in [0.1, 0.15) is 23.1 Å². The first-order chi connectivity index (χ1) is 10.6. The van der Waals surface area contributed by atoms with Gasteiger partial charge in [0, 0.05) is 38.4 Å². The van der Waals surface area contributed by atoms with Crippen molar-refractivity contribution in [2.45, 2.75) is 26.4 Å². The van der Waals surface area contributed by atoms with Crippen molar-refractivity contribution in [2.24, 2.45) is 0 Å². The van der Waals surface area contributed by atoms with Gasteiger partial charge in [-0.1, -0.05) is 12.1 Å². The molecule has 2 rings (SSSR count). The van der Waals surface area contributed by atoms with Crippen molar-refractivity contribution in [3.05, 3.63) is 65.2 Å². The molecule has 0 atom stereocenters. The number of aromatic nitrogens is 1. The third-order valence-corrected chi connectivity index (χ3v) is 3.36. The van der Waals surface area contributed by atoms with Crippen molar-refractivity contribution < 1.29 is 9.18 Å². The maximum absolute atomic E-state index is 13.0. The Balaban J connectivity index is 1.65. The zero-order valence-electron chi connectivity index (χ0n) is 12.6. The number of carbonyl (C=O) groups excluding carboxylic acids is 1. The number of rotatable bonds is 7. The fourth-order valence-corrected chi connectivity index (χ4v) is 2.07. The summed E-state index contributed by atoms with van der Waals surface area (Å²) in [6.07, 6.45) is 3.84. The van der Waals surface area contributed by atoms with Gasteiger partial charge in [0.2, 0.25) is 5.91 Å². The zero-order chi connectivity index (χ0) is 15.8. The van der Waals surface area contributed by atoms with Crippen LogP contribution in [0.25, 0.3) is 0 Å². The van der Waals surface area contributed by atoms with Crippen LogP contribution in [0.5, 0.6) is 0 Å². The first kappa shape index (κ1) is 16.1. The summed E-state index contributed by atoms with van der Waals surface area (Å²) in [4.78, 5) is 15.7. The van der Waals surface area contributed by atoms with E-state index in [-0.39, 0.29) is 11.7 Å². The van der Waals surface area contributed by atoms with Crippen LogP contribution in [0.3, 0.4) is 0 Å². The van der Waals surface area contributed by atoms with E-state index in [0.717, 1.165) is 16.7 Å². The summed E-state index contributed by atoms with van der Waals surface area (Å²) in [5, 5.41) is 6.04. The molecule has 0 aliphatic carbocycles. The molecule has 0 saturated carbocycles. The molecule has 0 fully saturated rings. The molecule has 2 aromatic rings. The summed E-state index contributed by atoms with van der Waals surface area (Å²) in [5.74, 6) is -0.233. The molecule has 1 heterocycles. The molecular weight excluding hydrogens is 281 g/mol. The summed E-state index contributed by atoms with van der Waals surface area (Å²) in [6, 6.07) is 8.49. The predicted molar refractivity (Wildman–Crippen MR) is 83.5 cm³/mol. The van der Waals surface area contributed by atoms with Gasteiger partial charge in [0.15, 0.2) is 0 Å². The van der Waals surface area contributed by atoms with E-state index in [2.05, 4.69) is 15.6 Å². The van der Waals surface area contributed by atoms with Crippen LogP contribution in [-0.4, -0.2) is 17.4 Å². The lowest BCUT2D eigenvalue weighted by atomic mass is 10.1. The van der Waals surface area contributed by atoms with E-state index in [9.17, 15) is 9.18 Å². The van der Waals surface area contributed by atoms with Gasteiger partial charge in [-0.15, -0.1) is 0 Å². The van der Waals surface area contributed by atoms with Crippen molar-refractivity contribution in [3.8, 4) is 0 Å². The third-order valence-electron chi connectivity index (χ3n) is 3.36. The standard InChI is InChI=1S/C17H20FN3O/c1-13-9-16(18)5-4-15(13)12-20-8-6-17(22)21-11-14-3-2-7-19-10-14/h2-5,7,9-10,20H,6,8,11-12H2,1H3,(H,21,22). The number of nitrogens with one attached hydrogen (secondary N) is 2. The molecule has 0 bridgehead atoms. The smallest absolute Gasteiger partial charge is 0.221 e. The number of halogens is 1. The number of benzene rings is 1. The number of hydrogen-bond acceptors (Lipinski definition) is 3. The number of aryl methyl sites for hydroxylation is 1. The van der Waals surface area contributed by atoms with E-state index in [1.807, 2.05) is 19.1 Å². The molecule has 0 aliphatic rings. The monoisotopic (exact) mass is 301 g/mol. The Labute approximate surface area is 129 Å². The van der Waals surface area contributed by atoms with E-state index in [1.54, 1.807) is 18.5 Å². The van der Waals surface area contributed by atoms with Crippen molar-refractivity contribution >= 4 is 5.91 Å². The van der Waals surface area contributed by atoms with Crippen LogP contribution in [0.4, 0.5) is 4.39 Å². The van der Waals surface area contributed by atoms with Crippen molar-refractivity contribution in [2.75, 3.05) is 6.54 Å². The number of hydrogen-bond donors (Lipinski definition) is 2. The summed E-state index contributed by atoms with van der Waals surface area (Å²) in [7, 11) is 0. The Bertz CT molecular complexity index is 617. The highest BCUT2D eigenvalue weighted by molar-refractivity contribution is 5.76. The van der Waals surface area contributed by atoms with E-state index in [1.165, 1.54) is 12.1 Å². The van der Waals surface area contributed by atoms with E-state index >= 15 is 0 Å². The lowest BCUT2D eigenvalue weighted by Crippen LogP contribution is -2.27. The normalized spacial score (nSPS) is 10.5. The summed E-state index contributed by atoms with van der Waals surface area (Å²) in [6.45, 7) is 3.57. The van der Waals surface area contributed by atoms with Gasteiger partial charge in [-0.25, -0.2) is 4.39 Å². The summed E-state index contributed by atoms with van der Waals surface area (Å²) in [5.41, 5.74) is 2.93. The second kappa shape index (κ2) is 8.24. The van der Waals surface area contributed by atoms with Gasteiger partial charge >= 0.3 is 0 Å². The highest BCUT2D eigenvalue weighted by atomic mass is 19.1. The van der Waals surface area contributed by atoms with Crippen LogP contribution in [0, 0.1) is 12.7 Å². The number of amides is 1. The Hall–Kier alpha value is -2.27. The molecule has 1 aromatic carbocycles. The Morgan fingerprint density at radius 2 is 2.14 bits per heavy atom. The fourth-order valence-electron chi connectivity index (χ4n) is 2.07. The van der Waals surface area contributed by atoms with Gasteiger partial charge in [-0.2, -0.15) is 0 Å². The topological polar surface area (TPSA) is 54.0 Å². The Morgan fingerprint density at radius 3 is 2.86 bits per heavy atom. The average molecular weight is 301 g/mol. The molecule has 116 valence electrons. The minimum absolute atomic E-state index is 0.00724. The maximum Gasteiger partial charge on any atom is 0.221 e. The van der Waals surface area contributed by atoms with Crippen molar-refractivity contribution in [1.82, 2.24) is 15.6 Å². The second-order valence-corrected chi connectivity index (χ2v) is 5.14. The molecule has 0 aliphatic heterocycles. The Morgan fingerprint density at radius 1 is 1.27 bits per heavy atom. The van der Waals surface area contributed by atoms with Crippen LogP contribution < -0.4 is 10.6 Å². The van der Waals surface area contributed by atoms with Crippen LogP contribution >= 0.6 is 0 Å². The number of nitrogens with zero attached hydrogens (tertiary/aromatic N) is 1. The lowest BCUT2D eigenvalue weighted by molar-refractivity contribution is -0.121. The second-order valence-electron chi connectivity index (χ2n) is 5.14. The third kappa shape index (κ3) is 5.26. The largest absolute Gasteiger partial charge is 0.352 e. The minimum atomic E-state index is -0.226. The zero-order valence-corrected chi connectivity index (χ0v) is 12.6. The number of carbonyl (C=O) groups is 1. The molecule has 5 heteroatoms. The van der Waals surface area contributed by atoms with Gasteiger partial charge in [0.05, 0.1) is 0 Å². The average Bonchev–Trinajstić information content (AvgIpc) is 2.52. The van der Waals surface area contributed by atoms with Crippen LogP contribution in [0.2, 0.25) is 0 Å². The highest BCUT2D eigenvalue weighted by Gasteiger charge is 2.03. The van der Waals surface area contributed by atoms with E-state index in [0.29, 0.717) is 26.1 Å². The van der Waals surface area contributed by atoms with Gasteiger partial charge in [-0.05, 0) is 41.8 Å². The van der Waals surface area contributed by atoms with Gasteiger partial charge < -0.3 is 10.6 Å². The number of pyridine rings is 1. The lowest BCUT2D eigenvalue weighted by Gasteiger charge is -2.08. The molecule has 1 amide bonds. The molecule has 0 saturated heterocycles. The van der Waals surface area contributed by atoms with Crippen LogP contribution in [-0.2, 0) is 17.9 Å². The van der Waals surface area contributed by atoms with Gasteiger partial charge in [0.1, 0.15) is 5.82 Å². The molecule has 0 radical (unpaired) electrons.